The minimum absolute atomic E-state index is 0. The van der Waals surface area contributed by atoms with E-state index in [9.17, 15) is 0 Å². The third kappa shape index (κ3) is 4.01. The highest BCUT2D eigenvalue weighted by molar-refractivity contribution is 14.0. The first-order chi connectivity index (χ1) is 9.05. The number of halogens is 1. The summed E-state index contributed by atoms with van der Waals surface area (Å²) in [6.45, 7) is 7.16. The van der Waals surface area contributed by atoms with Crippen molar-refractivity contribution < 1.29 is 4.74 Å². The summed E-state index contributed by atoms with van der Waals surface area (Å²) >= 11 is 0. The lowest BCUT2D eigenvalue weighted by Gasteiger charge is -2.38. The molecule has 0 aliphatic carbocycles. The van der Waals surface area contributed by atoms with E-state index in [-0.39, 0.29) is 35.6 Å². The molecule has 0 radical (unpaired) electrons. The number of nitrogens with zero attached hydrogens (tertiary/aromatic N) is 1. The average Bonchev–Trinajstić information content (AvgIpc) is 2.36. The number of guanidine groups is 1. The molecule has 1 unspecified atom stereocenters. The van der Waals surface area contributed by atoms with E-state index in [1.807, 2.05) is 18.2 Å². The lowest BCUT2D eigenvalue weighted by atomic mass is 9.90. The monoisotopic (exact) mass is 389 g/mol. The zero-order valence-electron chi connectivity index (χ0n) is 12.6. The van der Waals surface area contributed by atoms with Gasteiger partial charge >= 0.3 is 0 Å². The van der Waals surface area contributed by atoms with E-state index in [0.717, 1.165) is 24.7 Å². The molecule has 0 spiro atoms. The molecule has 0 fully saturated rings. The number of para-hydroxylation sites is 1. The highest BCUT2D eigenvalue weighted by Crippen LogP contribution is 2.39. The maximum Gasteiger partial charge on any atom is 0.191 e. The van der Waals surface area contributed by atoms with Crippen molar-refractivity contribution in [2.75, 3.05) is 13.6 Å². The van der Waals surface area contributed by atoms with Crippen LogP contribution in [0.3, 0.4) is 0 Å². The van der Waals surface area contributed by atoms with Gasteiger partial charge in [-0.25, -0.2) is 0 Å². The summed E-state index contributed by atoms with van der Waals surface area (Å²) in [5.74, 6) is 1.79. The predicted octanol–water partition coefficient (Wildman–Crippen LogP) is 3.09. The molecule has 20 heavy (non-hydrogen) atoms. The SMILES string of the molecule is CCNC(=NC)NC1CC(C)(C)Oc2ccccc21.I. The van der Waals surface area contributed by atoms with Crippen LogP contribution in [0.5, 0.6) is 5.75 Å². The number of aliphatic imine (C=N–C) groups is 1. The Morgan fingerprint density at radius 2 is 2.10 bits per heavy atom. The molecule has 2 rings (SSSR count). The van der Waals surface area contributed by atoms with E-state index < -0.39 is 0 Å². The highest BCUT2D eigenvalue weighted by atomic mass is 127. The van der Waals surface area contributed by atoms with E-state index in [2.05, 4.69) is 42.5 Å². The lowest BCUT2D eigenvalue weighted by Crippen LogP contribution is -2.45. The Bertz CT molecular complexity index is 474. The summed E-state index contributed by atoms with van der Waals surface area (Å²) in [7, 11) is 1.79. The molecule has 0 bridgehead atoms. The van der Waals surface area contributed by atoms with Crippen molar-refractivity contribution in [1.82, 2.24) is 10.6 Å². The molecule has 112 valence electrons. The standard InChI is InChI=1S/C15H23N3O.HI/c1-5-17-14(16-4)18-12-10-15(2,3)19-13-9-7-6-8-11(12)13;/h6-9,12H,5,10H2,1-4H3,(H2,16,17,18);1H. The van der Waals surface area contributed by atoms with E-state index >= 15 is 0 Å². The van der Waals surface area contributed by atoms with Crippen molar-refractivity contribution in [1.29, 1.82) is 0 Å². The van der Waals surface area contributed by atoms with Crippen LogP contribution in [-0.4, -0.2) is 25.2 Å². The van der Waals surface area contributed by atoms with Crippen molar-refractivity contribution in [3.05, 3.63) is 29.8 Å². The molecule has 2 N–H and O–H groups in total. The van der Waals surface area contributed by atoms with Gasteiger partial charge in [-0.2, -0.15) is 0 Å². The first-order valence-electron chi connectivity index (χ1n) is 6.81. The molecular weight excluding hydrogens is 365 g/mol. The van der Waals surface area contributed by atoms with Crippen molar-refractivity contribution in [2.24, 2.45) is 4.99 Å². The second-order valence-corrected chi connectivity index (χ2v) is 5.40. The van der Waals surface area contributed by atoms with Crippen molar-refractivity contribution in [3.8, 4) is 5.75 Å². The van der Waals surface area contributed by atoms with Gasteiger partial charge in [-0.15, -0.1) is 24.0 Å². The molecule has 1 aliphatic heterocycles. The first-order valence-corrected chi connectivity index (χ1v) is 6.81. The maximum absolute atomic E-state index is 6.02. The topological polar surface area (TPSA) is 45.7 Å². The van der Waals surface area contributed by atoms with Gasteiger partial charge in [0.1, 0.15) is 11.4 Å². The number of rotatable bonds is 2. The Morgan fingerprint density at radius 3 is 2.75 bits per heavy atom. The minimum atomic E-state index is -0.170. The summed E-state index contributed by atoms with van der Waals surface area (Å²) in [6, 6.07) is 8.42. The number of benzene rings is 1. The molecule has 0 aromatic heterocycles. The summed E-state index contributed by atoms with van der Waals surface area (Å²) in [5, 5.41) is 6.71. The highest BCUT2D eigenvalue weighted by Gasteiger charge is 2.33. The van der Waals surface area contributed by atoms with Gasteiger partial charge in [0.2, 0.25) is 0 Å². The van der Waals surface area contributed by atoms with Crippen LogP contribution < -0.4 is 15.4 Å². The molecular formula is C15H24IN3O. The van der Waals surface area contributed by atoms with Crippen LogP contribution in [-0.2, 0) is 0 Å². The fourth-order valence-electron chi connectivity index (χ4n) is 2.46. The van der Waals surface area contributed by atoms with Gasteiger partial charge < -0.3 is 15.4 Å². The van der Waals surface area contributed by atoms with E-state index in [1.165, 1.54) is 5.56 Å². The quantitative estimate of drug-likeness (QED) is 0.464. The molecule has 1 aromatic carbocycles. The zero-order chi connectivity index (χ0) is 13.9. The van der Waals surface area contributed by atoms with E-state index in [0.29, 0.717) is 0 Å². The largest absolute Gasteiger partial charge is 0.487 e. The molecule has 0 amide bonds. The Labute approximate surface area is 138 Å². The number of fused-ring (bicyclic) bond motifs is 1. The average molecular weight is 389 g/mol. The third-order valence-electron chi connectivity index (χ3n) is 3.26. The molecule has 1 atom stereocenters. The summed E-state index contributed by atoms with van der Waals surface area (Å²) in [4.78, 5) is 4.25. The zero-order valence-corrected chi connectivity index (χ0v) is 14.9. The second kappa shape index (κ2) is 7.15. The Balaban J connectivity index is 0.00000200. The fourth-order valence-corrected chi connectivity index (χ4v) is 2.46. The molecule has 0 saturated heterocycles. The molecule has 4 nitrogen and oxygen atoms in total. The van der Waals surface area contributed by atoms with E-state index in [1.54, 1.807) is 7.05 Å². The van der Waals surface area contributed by atoms with Crippen LogP contribution in [0.4, 0.5) is 0 Å². The smallest absolute Gasteiger partial charge is 0.191 e. The summed E-state index contributed by atoms with van der Waals surface area (Å²) < 4.78 is 6.02. The van der Waals surface area contributed by atoms with Gasteiger partial charge in [0.25, 0.3) is 0 Å². The van der Waals surface area contributed by atoms with Crippen LogP contribution in [0.2, 0.25) is 0 Å². The molecule has 0 saturated carbocycles. The molecule has 1 heterocycles. The van der Waals surface area contributed by atoms with Crippen molar-refractivity contribution in [3.63, 3.8) is 0 Å². The van der Waals surface area contributed by atoms with Gasteiger partial charge in [0, 0.05) is 25.6 Å². The Kier molecular flexibility index (Phi) is 6.10. The fraction of sp³-hybridized carbons (Fsp3) is 0.533. The number of nitrogens with one attached hydrogen (secondary N) is 2. The summed E-state index contributed by atoms with van der Waals surface area (Å²) in [6.07, 6.45) is 0.911. The van der Waals surface area contributed by atoms with Gasteiger partial charge in [0.05, 0.1) is 6.04 Å². The minimum Gasteiger partial charge on any atom is -0.487 e. The molecule has 1 aromatic rings. The predicted molar refractivity (Wildman–Crippen MR) is 94.1 cm³/mol. The number of hydrogen-bond donors (Lipinski definition) is 2. The van der Waals surface area contributed by atoms with Crippen LogP contribution in [0.15, 0.2) is 29.3 Å². The van der Waals surface area contributed by atoms with Crippen molar-refractivity contribution in [2.45, 2.75) is 38.8 Å². The van der Waals surface area contributed by atoms with Crippen LogP contribution >= 0.6 is 24.0 Å². The second-order valence-electron chi connectivity index (χ2n) is 5.40. The van der Waals surface area contributed by atoms with Gasteiger partial charge in [-0.3, -0.25) is 4.99 Å². The van der Waals surface area contributed by atoms with Gasteiger partial charge in [-0.1, -0.05) is 18.2 Å². The Morgan fingerprint density at radius 1 is 1.40 bits per heavy atom. The van der Waals surface area contributed by atoms with Crippen molar-refractivity contribution >= 4 is 29.9 Å². The molecule has 1 aliphatic rings. The number of hydrogen-bond acceptors (Lipinski definition) is 2. The van der Waals surface area contributed by atoms with Gasteiger partial charge in [-0.05, 0) is 26.8 Å². The third-order valence-corrected chi connectivity index (χ3v) is 3.26. The summed E-state index contributed by atoms with van der Waals surface area (Å²) in [5.41, 5.74) is 1.03. The van der Waals surface area contributed by atoms with Crippen LogP contribution in [0.25, 0.3) is 0 Å². The first kappa shape index (κ1) is 17.1. The van der Waals surface area contributed by atoms with Gasteiger partial charge in [0.15, 0.2) is 5.96 Å². The van der Waals surface area contributed by atoms with E-state index in [4.69, 9.17) is 4.74 Å². The normalized spacial score (nSPS) is 20.2. The lowest BCUT2D eigenvalue weighted by molar-refractivity contribution is 0.0694. The molecule has 5 heteroatoms. The van der Waals surface area contributed by atoms with Crippen LogP contribution in [0, 0.1) is 0 Å². The number of ether oxygens (including phenoxy) is 1. The maximum atomic E-state index is 6.02. The van der Waals surface area contributed by atoms with Crippen LogP contribution in [0.1, 0.15) is 38.8 Å². The Hall–Kier alpha value is -0.980.